The third-order valence-corrected chi connectivity index (χ3v) is 8.59. The molecule has 14 heteroatoms. The van der Waals surface area contributed by atoms with Crippen LogP contribution in [0, 0.1) is 18.6 Å². The van der Waals surface area contributed by atoms with Gasteiger partial charge in [0, 0.05) is 23.3 Å². The maximum atomic E-state index is 14.0. The summed E-state index contributed by atoms with van der Waals surface area (Å²) in [5, 5.41) is 13.1. The number of esters is 1. The van der Waals surface area contributed by atoms with Gasteiger partial charge in [-0.3, -0.25) is 14.4 Å². The maximum Gasteiger partial charge on any atom is 0.338 e. The van der Waals surface area contributed by atoms with Gasteiger partial charge in [0.1, 0.15) is 22.6 Å². The van der Waals surface area contributed by atoms with Crippen LogP contribution in [-0.2, 0) is 17.7 Å². The number of benzene rings is 3. The van der Waals surface area contributed by atoms with E-state index in [1.54, 1.807) is 57.2 Å². The molecule has 0 unspecified atom stereocenters. The van der Waals surface area contributed by atoms with Crippen LogP contribution >= 0.6 is 11.6 Å². The molecule has 0 aliphatic heterocycles. The molecule has 51 heavy (non-hydrogen) atoms. The number of rotatable bonds is 8. The highest BCUT2D eigenvalue weighted by Crippen LogP contribution is 2.35. The van der Waals surface area contributed by atoms with Crippen LogP contribution in [0.15, 0.2) is 66.9 Å². The summed E-state index contributed by atoms with van der Waals surface area (Å²) in [6, 6.07) is 13.9. The largest absolute Gasteiger partial charge is 0.456 e. The Hall–Kier alpha value is -5.69. The summed E-state index contributed by atoms with van der Waals surface area (Å²) in [6.45, 7) is 7.07. The molecule has 0 saturated carbocycles. The van der Waals surface area contributed by atoms with E-state index >= 15 is 0 Å². The molecule has 1 atom stereocenters. The Labute approximate surface area is 296 Å². The number of hydrogen-bond acceptors (Lipinski definition) is 7. The smallest absolute Gasteiger partial charge is 0.338 e. The number of fused-ring (bicyclic) bond motifs is 2. The Morgan fingerprint density at radius 2 is 1.69 bits per heavy atom. The first kappa shape index (κ1) is 35.1. The molecule has 3 aromatic carbocycles. The molecule has 2 aromatic heterocycles. The zero-order valence-corrected chi connectivity index (χ0v) is 28.8. The van der Waals surface area contributed by atoms with Crippen LogP contribution in [0.3, 0.4) is 0 Å². The van der Waals surface area contributed by atoms with Gasteiger partial charge in [-0.2, -0.15) is 5.10 Å². The first-order valence-electron chi connectivity index (χ1n) is 16.0. The van der Waals surface area contributed by atoms with Crippen LogP contribution in [0.1, 0.15) is 97.2 Å². The number of carbonyl (C=O) groups is 4. The molecule has 6 rings (SSSR count). The number of nitrogens with zero attached hydrogens (tertiary/aromatic N) is 3. The van der Waals surface area contributed by atoms with Gasteiger partial charge in [-0.05, 0) is 105 Å². The van der Waals surface area contributed by atoms with E-state index in [0.29, 0.717) is 34.7 Å². The molecule has 11 nitrogen and oxygen atoms in total. The number of halogens is 3. The molecule has 0 bridgehead atoms. The third kappa shape index (κ3) is 7.58. The van der Waals surface area contributed by atoms with Crippen molar-refractivity contribution in [3.8, 4) is 0 Å². The number of hydrogen-bond donors (Lipinski definition) is 3. The molecule has 262 valence electrons. The predicted molar refractivity (Wildman–Crippen MR) is 185 cm³/mol. The number of aromatic nitrogens is 3. The van der Waals surface area contributed by atoms with Gasteiger partial charge in [-0.15, -0.1) is 0 Å². The molecule has 2 heterocycles. The average molecular weight is 715 g/mol. The molecule has 0 saturated heterocycles. The monoisotopic (exact) mass is 714 g/mol. The van der Waals surface area contributed by atoms with Gasteiger partial charge in [0.15, 0.2) is 17.3 Å². The highest BCUT2D eigenvalue weighted by atomic mass is 35.5. The van der Waals surface area contributed by atoms with E-state index in [1.165, 1.54) is 22.8 Å². The van der Waals surface area contributed by atoms with Gasteiger partial charge in [-0.25, -0.2) is 23.1 Å². The van der Waals surface area contributed by atoms with Crippen molar-refractivity contribution in [3.63, 3.8) is 0 Å². The summed E-state index contributed by atoms with van der Waals surface area (Å²) in [6.07, 6.45) is 2.38. The van der Waals surface area contributed by atoms with Crippen molar-refractivity contribution >= 4 is 46.6 Å². The molecule has 3 N–H and O–H groups in total. The maximum absolute atomic E-state index is 14.0. The molecule has 0 radical (unpaired) electrons. The van der Waals surface area contributed by atoms with Crippen LogP contribution in [0.2, 0.25) is 5.02 Å². The summed E-state index contributed by atoms with van der Waals surface area (Å²) in [7, 11) is 0. The van der Waals surface area contributed by atoms with Crippen LogP contribution in [0.4, 0.5) is 14.5 Å². The van der Waals surface area contributed by atoms with Crippen molar-refractivity contribution in [1.82, 2.24) is 25.2 Å². The molecular weight excluding hydrogens is 682 g/mol. The van der Waals surface area contributed by atoms with Crippen molar-refractivity contribution < 1.29 is 32.7 Å². The highest BCUT2D eigenvalue weighted by molar-refractivity contribution is 6.30. The second-order valence-electron chi connectivity index (χ2n) is 13.1. The zero-order chi connectivity index (χ0) is 36.6. The first-order chi connectivity index (χ1) is 24.2. The third-order valence-electron chi connectivity index (χ3n) is 8.34. The summed E-state index contributed by atoms with van der Waals surface area (Å²) in [5.74, 6) is -4.47. The van der Waals surface area contributed by atoms with E-state index in [1.807, 2.05) is 6.92 Å². The Morgan fingerprint density at radius 1 is 0.941 bits per heavy atom. The molecule has 1 aliphatic carbocycles. The highest BCUT2D eigenvalue weighted by Gasteiger charge is 2.31. The molecule has 5 aromatic rings. The van der Waals surface area contributed by atoms with Crippen LogP contribution in [-0.4, -0.2) is 43.9 Å². The SMILES string of the molecule is Cc1c(C(=O)OC(C)(C)C)ccc2c1CC[C@@H]2NC(=O)c1cc(C(=O)NCc2ccc(F)c(F)c2)nc2c(C(=O)Nc3ccc(Cl)cc3)cnn12. The minimum absolute atomic E-state index is 0.0224. The fourth-order valence-corrected chi connectivity index (χ4v) is 6.00. The van der Waals surface area contributed by atoms with E-state index in [-0.39, 0.29) is 29.1 Å². The summed E-state index contributed by atoms with van der Waals surface area (Å²) in [5.41, 5.74) is 2.66. The van der Waals surface area contributed by atoms with E-state index in [9.17, 15) is 28.0 Å². The molecular formula is C37H33ClF2N6O5. The predicted octanol–water partition coefficient (Wildman–Crippen LogP) is 6.52. The standard InChI is InChI=1S/C37H33ClF2N6O5/c1-19-23-12-14-29(25(23)11-10-24(19)36(50)51-37(2,3)4)45-35(49)31-16-30(34(48)41-17-20-5-13-27(39)28(40)15-20)44-32-26(18-42-46(31)32)33(47)43-22-8-6-21(38)7-9-22/h5-11,13,15-16,18,29H,12,14,17H2,1-4H3,(H,41,48)(H,43,47)(H,45,49)/t29-/m0/s1. The first-order valence-corrected chi connectivity index (χ1v) is 16.4. The van der Waals surface area contributed by atoms with Crippen molar-refractivity contribution in [2.75, 3.05) is 5.32 Å². The molecule has 1 aliphatic rings. The minimum atomic E-state index is -1.07. The lowest BCUT2D eigenvalue weighted by Crippen LogP contribution is -2.31. The number of carbonyl (C=O) groups excluding carboxylic acids is 4. The Kier molecular flexibility index (Phi) is 9.58. The van der Waals surface area contributed by atoms with Gasteiger partial charge in [0.25, 0.3) is 17.7 Å². The quantitative estimate of drug-likeness (QED) is 0.155. The van der Waals surface area contributed by atoms with Crippen LogP contribution in [0.5, 0.6) is 0 Å². The summed E-state index contributed by atoms with van der Waals surface area (Å²) < 4.78 is 34.0. The second-order valence-corrected chi connectivity index (χ2v) is 13.5. The topological polar surface area (TPSA) is 144 Å². The van der Waals surface area contributed by atoms with Crippen molar-refractivity contribution in [2.24, 2.45) is 0 Å². The number of anilines is 1. The van der Waals surface area contributed by atoms with Crippen LogP contribution in [0.25, 0.3) is 5.65 Å². The average Bonchev–Trinajstić information content (AvgIpc) is 3.70. The molecule has 0 fully saturated rings. The number of amides is 3. The second kappa shape index (κ2) is 13.9. The Morgan fingerprint density at radius 3 is 2.39 bits per heavy atom. The molecule has 0 spiro atoms. The lowest BCUT2D eigenvalue weighted by atomic mass is 9.97. The van der Waals surface area contributed by atoms with Crippen molar-refractivity contribution in [2.45, 2.75) is 58.7 Å². The van der Waals surface area contributed by atoms with Crippen molar-refractivity contribution in [3.05, 3.63) is 128 Å². The van der Waals surface area contributed by atoms with Crippen molar-refractivity contribution in [1.29, 1.82) is 0 Å². The van der Waals surface area contributed by atoms with Gasteiger partial charge in [0.05, 0.1) is 17.8 Å². The molecule has 3 amide bonds. The fraction of sp³-hybridized carbons (Fsp3) is 0.243. The van der Waals surface area contributed by atoms with E-state index in [2.05, 4.69) is 26.0 Å². The van der Waals surface area contributed by atoms with Gasteiger partial charge in [-0.1, -0.05) is 23.7 Å². The van der Waals surface area contributed by atoms with E-state index in [4.69, 9.17) is 16.3 Å². The lowest BCUT2D eigenvalue weighted by molar-refractivity contribution is 0.00682. The summed E-state index contributed by atoms with van der Waals surface area (Å²) >= 11 is 5.97. The summed E-state index contributed by atoms with van der Waals surface area (Å²) in [4.78, 5) is 58.0. The lowest BCUT2D eigenvalue weighted by Gasteiger charge is -2.21. The Bertz CT molecular complexity index is 2210. The Balaban J connectivity index is 1.31. The van der Waals surface area contributed by atoms with Gasteiger partial charge >= 0.3 is 5.97 Å². The normalized spacial score (nSPS) is 13.8. The van der Waals surface area contributed by atoms with E-state index < -0.39 is 47.0 Å². The number of nitrogens with one attached hydrogen (secondary N) is 3. The van der Waals surface area contributed by atoms with Gasteiger partial charge in [0.2, 0.25) is 0 Å². The zero-order valence-electron chi connectivity index (χ0n) is 28.1. The van der Waals surface area contributed by atoms with E-state index in [0.717, 1.165) is 28.8 Å². The minimum Gasteiger partial charge on any atom is -0.456 e. The van der Waals surface area contributed by atoms with Crippen LogP contribution < -0.4 is 16.0 Å². The van der Waals surface area contributed by atoms with Gasteiger partial charge < -0.3 is 20.7 Å². The number of ether oxygens (including phenoxy) is 1. The fourth-order valence-electron chi connectivity index (χ4n) is 5.87.